The first-order chi connectivity index (χ1) is 19.8. The van der Waals surface area contributed by atoms with Crippen molar-refractivity contribution in [2.75, 3.05) is 4.90 Å². The van der Waals surface area contributed by atoms with Crippen LogP contribution >= 0.6 is 0 Å². The summed E-state index contributed by atoms with van der Waals surface area (Å²) < 4.78 is 0. The molecule has 0 amide bonds. The first kappa shape index (κ1) is 24.0. The van der Waals surface area contributed by atoms with E-state index in [2.05, 4.69) is 109 Å². The van der Waals surface area contributed by atoms with E-state index in [1.807, 2.05) is 0 Å². The molecule has 8 rings (SSSR count). The summed E-state index contributed by atoms with van der Waals surface area (Å²) in [6.45, 7) is 2.26. The van der Waals surface area contributed by atoms with Gasteiger partial charge in [0.2, 0.25) is 0 Å². The Bertz CT molecular complexity index is 1820. The molecule has 40 heavy (non-hydrogen) atoms. The van der Waals surface area contributed by atoms with E-state index in [0.29, 0.717) is 12.0 Å². The highest BCUT2D eigenvalue weighted by Gasteiger charge is 2.39. The zero-order chi connectivity index (χ0) is 26.6. The largest absolute Gasteiger partial charge is 0.337 e. The predicted octanol–water partition coefficient (Wildman–Crippen LogP) is 8.70. The monoisotopic (exact) mass is 519 g/mol. The van der Waals surface area contributed by atoms with E-state index in [9.17, 15) is 0 Å². The van der Waals surface area contributed by atoms with Crippen molar-refractivity contribution in [2.45, 2.75) is 70.3 Å². The van der Waals surface area contributed by atoms with Gasteiger partial charge >= 0.3 is 0 Å². The van der Waals surface area contributed by atoms with Gasteiger partial charge in [-0.1, -0.05) is 90.6 Å². The number of nitrogens with zero attached hydrogens (tertiary/aromatic N) is 1. The Hall–Kier alpha value is -3.84. The first-order valence-corrected chi connectivity index (χ1v) is 15.3. The molecule has 1 nitrogen and oxygen atoms in total. The van der Waals surface area contributed by atoms with Crippen LogP contribution in [0.4, 0.5) is 5.69 Å². The summed E-state index contributed by atoms with van der Waals surface area (Å²) >= 11 is 0. The van der Waals surface area contributed by atoms with Crippen molar-refractivity contribution < 1.29 is 0 Å². The van der Waals surface area contributed by atoms with E-state index in [-0.39, 0.29) is 0 Å². The first-order valence-electron chi connectivity index (χ1n) is 15.3. The Labute approximate surface area is 237 Å². The standard InChI is InChI=1S/C39H37N/c1-26-18-20-27(21-19-26)38-32-12-2-4-14-34(32)39(35-15-5-3-13-33(35)38)28-22-24-29(25-23-28)40-36-16-8-6-10-30(36)31-11-7-9-17-37(31)40/h2,4,6,8-10,12-18,20,22,24,31,37H,3,5,7,11,19,21,23,25H2,1H3. The Balaban J connectivity index is 1.28. The average Bonchev–Trinajstić information content (AvgIpc) is 3.35. The summed E-state index contributed by atoms with van der Waals surface area (Å²) in [6, 6.07) is 18.8. The van der Waals surface area contributed by atoms with Gasteiger partial charge in [-0.15, -0.1) is 0 Å². The minimum absolute atomic E-state index is 0.463. The van der Waals surface area contributed by atoms with Crippen LogP contribution in [0.1, 0.15) is 80.9 Å². The minimum Gasteiger partial charge on any atom is -0.337 e. The third kappa shape index (κ3) is 3.74. The fourth-order valence-corrected chi connectivity index (χ4v) is 7.98. The lowest BCUT2D eigenvalue weighted by Gasteiger charge is -2.33. The third-order valence-electron chi connectivity index (χ3n) is 9.88. The SMILES string of the molecule is CC1=CC=C(c2c3c(c(C4=CC=C(N5c6ccccc6C6CCC=CC65)CC4)c4ccccc24)=CCCC=3)CC1. The van der Waals surface area contributed by atoms with Gasteiger partial charge in [-0.05, 0) is 119 Å². The van der Waals surface area contributed by atoms with E-state index in [0.717, 1.165) is 38.5 Å². The van der Waals surface area contributed by atoms with Gasteiger partial charge in [-0.2, -0.15) is 0 Å². The quantitative estimate of drug-likeness (QED) is 0.313. The molecule has 5 aliphatic rings. The molecule has 3 aromatic carbocycles. The fraction of sp³-hybridized carbons (Fsp3) is 0.282. The molecule has 0 aromatic heterocycles. The molecule has 0 N–H and O–H groups in total. The normalized spacial score (nSPS) is 23.2. The number of para-hydroxylation sites is 1. The summed E-state index contributed by atoms with van der Waals surface area (Å²) in [6.07, 6.45) is 28.7. The summed E-state index contributed by atoms with van der Waals surface area (Å²) in [4.78, 5) is 2.66. The highest BCUT2D eigenvalue weighted by Crippen LogP contribution is 2.48. The summed E-state index contributed by atoms with van der Waals surface area (Å²) in [7, 11) is 0. The lowest BCUT2D eigenvalue weighted by molar-refractivity contribution is 0.560. The van der Waals surface area contributed by atoms with Gasteiger partial charge < -0.3 is 4.90 Å². The molecule has 1 aliphatic heterocycles. The van der Waals surface area contributed by atoms with E-state index in [1.165, 1.54) is 78.8 Å². The van der Waals surface area contributed by atoms with Crippen molar-refractivity contribution in [1.82, 2.24) is 0 Å². The number of anilines is 1. The molecule has 0 saturated carbocycles. The molecule has 2 atom stereocenters. The van der Waals surface area contributed by atoms with Crippen LogP contribution in [0.2, 0.25) is 0 Å². The molecule has 0 radical (unpaired) electrons. The maximum Gasteiger partial charge on any atom is 0.0588 e. The van der Waals surface area contributed by atoms with Crippen molar-refractivity contribution in [3.63, 3.8) is 0 Å². The van der Waals surface area contributed by atoms with Crippen LogP contribution in [-0.4, -0.2) is 6.04 Å². The summed E-state index contributed by atoms with van der Waals surface area (Å²) in [5.74, 6) is 0.619. The molecular formula is C39H37N. The molecule has 0 saturated heterocycles. The summed E-state index contributed by atoms with van der Waals surface area (Å²) in [5.41, 5.74) is 11.9. The molecule has 2 unspecified atom stereocenters. The Kier molecular flexibility index (Phi) is 5.80. The second-order valence-corrected chi connectivity index (χ2v) is 12.2. The zero-order valence-corrected chi connectivity index (χ0v) is 23.5. The average molecular weight is 520 g/mol. The van der Waals surface area contributed by atoms with E-state index >= 15 is 0 Å². The lowest BCUT2D eigenvalue weighted by atomic mass is 9.82. The van der Waals surface area contributed by atoms with E-state index in [1.54, 1.807) is 0 Å². The molecule has 0 fully saturated rings. The van der Waals surface area contributed by atoms with Gasteiger partial charge in [0.05, 0.1) is 6.04 Å². The van der Waals surface area contributed by atoms with Crippen LogP contribution in [0.25, 0.3) is 34.1 Å². The molecule has 0 spiro atoms. The van der Waals surface area contributed by atoms with Gasteiger partial charge in [0.1, 0.15) is 0 Å². The second kappa shape index (κ2) is 9.66. The van der Waals surface area contributed by atoms with Crippen LogP contribution < -0.4 is 15.3 Å². The molecule has 1 heterocycles. The van der Waals surface area contributed by atoms with Gasteiger partial charge in [-0.25, -0.2) is 0 Å². The second-order valence-electron chi connectivity index (χ2n) is 12.2. The number of fused-ring (bicyclic) bond motifs is 5. The molecule has 1 heteroatoms. The number of rotatable bonds is 3. The molecule has 4 aliphatic carbocycles. The minimum atomic E-state index is 0.463. The van der Waals surface area contributed by atoms with Crippen LogP contribution in [0.3, 0.4) is 0 Å². The van der Waals surface area contributed by atoms with Gasteiger partial charge in [0, 0.05) is 17.3 Å². The zero-order valence-electron chi connectivity index (χ0n) is 23.5. The lowest BCUT2D eigenvalue weighted by Crippen LogP contribution is -2.35. The van der Waals surface area contributed by atoms with Crippen molar-refractivity contribution in [3.05, 3.63) is 123 Å². The maximum absolute atomic E-state index is 2.66. The molecule has 0 bridgehead atoms. The predicted molar refractivity (Wildman–Crippen MR) is 171 cm³/mol. The van der Waals surface area contributed by atoms with Gasteiger partial charge in [0.15, 0.2) is 0 Å². The van der Waals surface area contributed by atoms with Crippen molar-refractivity contribution >= 4 is 39.8 Å². The highest BCUT2D eigenvalue weighted by atomic mass is 15.2. The van der Waals surface area contributed by atoms with Crippen LogP contribution in [0.5, 0.6) is 0 Å². The van der Waals surface area contributed by atoms with Crippen molar-refractivity contribution in [3.8, 4) is 0 Å². The van der Waals surface area contributed by atoms with Crippen LogP contribution in [0, 0.1) is 0 Å². The van der Waals surface area contributed by atoms with E-state index in [4.69, 9.17) is 0 Å². The van der Waals surface area contributed by atoms with Crippen molar-refractivity contribution in [1.29, 1.82) is 0 Å². The smallest absolute Gasteiger partial charge is 0.0588 e. The van der Waals surface area contributed by atoms with Crippen molar-refractivity contribution in [2.24, 2.45) is 0 Å². The fourth-order valence-electron chi connectivity index (χ4n) is 7.98. The number of hydrogen-bond acceptors (Lipinski definition) is 1. The molecule has 3 aromatic rings. The number of benzene rings is 3. The molecular weight excluding hydrogens is 482 g/mol. The maximum atomic E-state index is 2.66. The Morgan fingerprint density at radius 1 is 0.675 bits per heavy atom. The number of hydrogen-bond donors (Lipinski definition) is 0. The number of allylic oxidation sites excluding steroid dienone is 9. The third-order valence-corrected chi connectivity index (χ3v) is 9.88. The van der Waals surface area contributed by atoms with Crippen LogP contribution in [0.15, 0.2) is 96.3 Å². The summed E-state index contributed by atoms with van der Waals surface area (Å²) in [5, 5.41) is 5.77. The highest BCUT2D eigenvalue weighted by molar-refractivity contribution is 6.02. The van der Waals surface area contributed by atoms with E-state index < -0.39 is 0 Å². The van der Waals surface area contributed by atoms with Gasteiger partial charge in [-0.3, -0.25) is 0 Å². The Morgan fingerprint density at radius 3 is 2.02 bits per heavy atom. The van der Waals surface area contributed by atoms with Gasteiger partial charge in [0.25, 0.3) is 0 Å². The van der Waals surface area contributed by atoms with Crippen LogP contribution in [-0.2, 0) is 0 Å². The molecule has 198 valence electrons. The topological polar surface area (TPSA) is 3.24 Å². The Morgan fingerprint density at radius 2 is 1.35 bits per heavy atom.